The molecule has 7 heteroatoms. The Labute approximate surface area is 146 Å². The van der Waals surface area contributed by atoms with Gasteiger partial charge in [-0.05, 0) is 36.6 Å². The van der Waals surface area contributed by atoms with Crippen LogP contribution in [0.3, 0.4) is 0 Å². The van der Waals surface area contributed by atoms with Crippen LogP contribution in [0.4, 0.5) is 11.8 Å². The highest BCUT2D eigenvalue weighted by molar-refractivity contribution is 5.38. The standard InChI is InChI=1S/C18H21N7/c19-16-5-8-22-18(23-16)25-10-1-2-15(13-25)17-21-9-11-24(17)12-14-3-6-20-7-4-14/h3-9,11,15H,1-2,10,12-13H2,(H2,19,22,23). The molecule has 25 heavy (non-hydrogen) atoms. The van der Waals surface area contributed by atoms with Crippen LogP contribution in [0, 0.1) is 0 Å². The van der Waals surface area contributed by atoms with Gasteiger partial charge < -0.3 is 15.2 Å². The summed E-state index contributed by atoms with van der Waals surface area (Å²) >= 11 is 0. The maximum Gasteiger partial charge on any atom is 0.227 e. The van der Waals surface area contributed by atoms with Gasteiger partial charge in [0, 0.05) is 56.5 Å². The van der Waals surface area contributed by atoms with Crippen LogP contribution in [-0.4, -0.2) is 37.6 Å². The molecule has 128 valence electrons. The molecule has 0 amide bonds. The molecule has 3 aromatic rings. The Bertz CT molecular complexity index is 830. The van der Waals surface area contributed by atoms with Crippen molar-refractivity contribution in [2.24, 2.45) is 0 Å². The molecule has 7 nitrogen and oxygen atoms in total. The Kier molecular flexibility index (Phi) is 4.28. The molecule has 0 bridgehead atoms. The van der Waals surface area contributed by atoms with Crippen molar-refractivity contribution in [2.45, 2.75) is 25.3 Å². The van der Waals surface area contributed by atoms with Crippen LogP contribution in [0.2, 0.25) is 0 Å². The number of hydrogen-bond acceptors (Lipinski definition) is 6. The van der Waals surface area contributed by atoms with E-state index in [-0.39, 0.29) is 0 Å². The van der Waals surface area contributed by atoms with Gasteiger partial charge in [0.05, 0.1) is 0 Å². The van der Waals surface area contributed by atoms with Crippen molar-refractivity contribution in [1.82, 2.24) is 24.5 Å². The topological polar surface area (TPSA) is 85.8 Å². The first-order valence-corrected chi connectivity index (χ1v) is 8.53. The minimum absolute atomic E-state index is 0.357. The lowest BCUT2D eigenvalue weighted by molar-refractivity contribution is 0.471. The molecule has 4 heterocycles. The molecule has 1 aliphatic heterocycles. The highest BCUT2D eigenvalue weighted by atomic mass is 15.3. The van der Waals surface area contributed by atoms with Gasteiger partial charge in [-0.15, -0.1) is 0 Å². The van der Waals surface area contributed by atoms with Crippen molar-refractivity contribution in [3.05, 3.63) is 60.6 Å². The molecule has 0 spiro atoms. The smallest absolute Gasteiger partial charge is 0.227 e. The second-order valence-electron chi connectivity index (χ2n) is 6.34. The summed E-state index contributed by atoms with van der Waals surface area (Å²) in [5.74, 6) is 2.68. The molecule has 2 N–H and O–H groups in total. The molecule has 1 aliphatic rings. The number of pyridine rings is 1. The van der Waals surface area contributed by atoms with E-state index in [1.807, 2.05) is 36.9 Å². The molecule has 3 aromatic heterocycles. The summed E-state index contributed by atoms with van der Waals surface area (Å²) in [4.78, 5) is 19.7. The van der Waals surface area contributed by atoms with Gasteiger partial charge in [-0.25, -0.2) is 9.97 Å². The minimum atomic E-state index is 0.357. The molecule has 0 aromatic carbocycles. The monoisotopic (exact) mass is 335 g/mol. The zero-order chi connectivity index (χ0) is 17.1. The Morgan fingerprint density at radius 2 is 1.96 bits per heavy atom. The highest BCUT2D eigenvalue weighted by Gasteiger charge is 2.26. The third-order valence-electron chi connectivity index (χ3n) is 4.58. The summed E-state index contributed by atoms with van der Waals surface area (Å²) in [5.41, 5.74) is 7.03. The molecule has 1 fully saturated rings. The number of piperidine rings is 1. The average molecular weight is 335 g/mol. The van der Waals surface area contributed by atoms with E-state index in [0.717, 1.165) is 38.3 Å². The second-order valence-corrected chi connectivity index (χ2v) is 6.34. The fraction of sp³-hybridized carbons (Fsp3) is 0.333. The van der Waals surface area contributed by atoms with Crippen molar-refractivity contribution in [2.75, 3.05) is 23.7 Å². The number of rotatable bonds is 4. The summed E-state index contributed by atoms with van der Waals surface area (Å²) < 4.78 is 2.23. The fourth-order valence-corrected chi connectivity index (χ4v) is 3.38. The van der Waals surface area contributed by atoms with E-state index in [1.54, 1.807) is 12.3 Å². The number of nitrogens with zero attached hydrogens (tertiary/aromatic N) is 6. The maximum atomic E-state index is 5.81. The van der Waals surface area contributed by atoms with E-state index in [2.05, 4.69) is 29.4 Å². The van der Waals surface area contributed by atoms with Gasteiger partial charge >= 0.3 is 0 Å². The van der Waals surface area contributed by atoms with E-state index < -0.39 is 0 Å². The molecule has 1 unspecified atom stereocenters. The van der Waals surface area contributed by atoms with Crippen LogP contribution >= 0.6 is 0 Å². The number of nitrogens with two attached hydrogens (primary N) is 1. The number of nitrogen functional groups attached to an aromatic ring is 1. The third kappa shape index (κ3) is 3.45. The van der Waals surface area contributed by atoms with Crippen molar-refractivity contribution < 1.29 is 0 Å². The Morgan fingerprint density at radius 3 is 2.80 bits per heavy atom. The lowest BCUT2D eigenvalue weighted by Gasteiger charge is -2.32. The lowest BCUT2D eigenvalue weighted by Crippen LogP contribution is -2.36. The van der Waals surface area contributed by atoms with Crippen molar-refractivity contribution in [3.8, 4) is 0 Å². The summed E-state index contributed by atoms with van der Waals surface area (Å²) in [6.07, 6.45) is 11.5. The molecular formula is C18H21N7. The Hall–Kier alpha value is -2.96. The first-order valence-electron chi connectivity index (χ1n) is 8.53. The first kappa shape index (κ1) is 15.6. The summed E-state index contributed by atoms with van der Waals surface area (Å²) in [7, 11) is 0. The lowest BCUT2D eigenvalue weighted by atomic mass is 9.97. The number of anilines is 2. The van der Waals surface area contributed by atoms with Gasteiger partial charge in [0.25, 0.3) is 0 Å². The van der Waals surface area contributed by atoms with Gasteiger partial charge in [-0.2, -0.15) is 4.98 Å². The predicted molar refractivity (Wildman–Crippen MR) is 96.2 cm³/mol. The minimum Gasteiger partial charge on any atom is -0.384 e. The normalized spacial score (nSPS) is 17.6. The van der Waals surface area contributed by atoms with Gasteiger partial charge in [0.1, 0.15) is 11.6 Å². The third-order valence-corrected chi connectivity index (χ3v) is 4.58. The van der Waals surface area contributed by atoms with Gasteiger partial charge in [-0.3, -0.25) is 4.98 Å². The molecule has 1 atom stereocenters. The van der Waals surface area contributed by atoms with Crippen LogP contribution in [0.5, 0.6) is 0 Å². The van der Waals surface area contributed by atoms with Crippen LogP contribution < -0.4 is 10.6 Å². The van der Waals surface area contributed by atoms with E-state index in [0.29, 0.717) is 17.7 Å². The number of imidazole rings is 1. The second kappa shape index (κ2) is 6.88. The van der Waals surface area contributed by atoms with Gasteiger partial charge in [0.15, 0.2) is 0 Å². The zero-order valence-electron chi connectivity index (χ0n) is 14.0. The summed E-state index contributed by atoms with van der Waals surface area (Å²) in [5, 5.41) is 0. The van der Waals surface area contributed by atoms with E-state index >= 15 is 0 Å². The first-order chi connectivity index (χ1) is 12.3. The van der Waals surface area contributed by atoms with Gasteiger partial charge in [-0.1, -0.05) is 0 Å². The van der Waals surface area contributed by atoms with Crippen molar-refractivity contribution >= 4 is 11.8 Å². The van der Waals surface area contributed by atoms with Crippen LogP contribution in [0.15, 0.2) is 49.2 Å². The predicted octanol–water partition coefficient (Wildman–Crippen LogP) is 2.08. The Morgan fingerprint density at radius 1 is 1.08 bits per heavy atom. The molecule has 4 rings (SSSR count). The summed E-state index contributed by atoms with van der Waals surface area (Å²) in [6.45, 7) is 2.62. The van der Waals surface area contributed by atoms with Crippen LogP contribution in [0.25, 0.3) is 0 Å². The zero-order valence-corrected chi connectivity index (χ0v) is 14.0. The van der Waals surface area contributed by atoms with E-state index in [4.69, 9.17) is 5.73 Å². The quantitative estimate of drug-likeness (QED) is 0.786. The fourth-order valence-electron chi connectivity index (χ4n) is 3.38. The number of hydrogen-bond donors (Lipinski definition) is 1. The van der Waals surface area contributed by atoms with Gasteiger partial charge in [0.2, 0.25) is 5.95 Å². The molecule has 0 aliphatic carbocycles. The molecule has 1 saturated heterocycles. The van der Waals surface area contributed by atoms with Crippen molar-refractivity contribution in [1.29, 1.82) is 0 Å². The SMILES string of the molecule is Nc1ccnc(N2CCCC(c3nccn3Cc3ccncc3)C2)n1. The highest BCUT2D eigenvalue weighted by Crippen LogP contribution is 2.28. The largest absolute Gasteiger partial charge is 0.384 e. The van der Waals surface area contributed by atoms with Crippen LogP contribution in [0.1, 0.15) is 30.1 Å². The maximum absolute atomic E-state index is 5.81. The van der Waals surface area contributed by atoms with Crippen molar-refractivity contribution in [3.63, 3.8) is 0 Å². The number of aromatic nitrogens is 5. The molecular weight excluding hydrogens is 314 g/mol. The summed E-state index contributed by atoms with van der Waals surface area (Å²) in [6, 6.07) is 5.79. The van der Waals surface area contributed by atoms with E-state index in [9.17, 15) is 0 Å². The Balaban J connectivity index is 1.53. The average Bonchev–Trinajstić information content (AvgIpc) is 3.11. The van der Waals surface area contributed by atoms with Crippen LogP contribution in [-0.2, 0) is 6.54 Å². The molecule has 0 radical (unpaired) electrons. The molecule has 0 saturated carbocycles. The van der Waals surface area contributed by atoms with E-state index in [1.165, 1.54) is 5.56 Å².